The molecule has 1 amide bonds. The Morgan fingerprint density at radius 2 is 1.84 bits per heavy atom. The zero-order valence-corrected chi connectivity index (χ0v) is 20.5. The third-order valence-corrected chi connectivity index (χ3v) is 6.94. The third-order valence-electron chi connectivity index (χ3n) is 4.46. The molecule has 162 valence electrons. The van der Waals surface area contributed by atoms with Gasteiger partial charge in [0.1, 0.15) is 5.82 Å². The second kappa shape index (κ2) is 9.56. The first-order chi connectivity index (χ1) is 14.6. The summed E-state index contributed by atoms with van der Waals surface area (Å²) in [5, 5.41) is 0.756. The minimum absolute atomic E-state index is 0.00338. The van der Waals surface area contributed by atoms with Gasteiger partial charge in [0.15, 0.2) is 5.15 Å². The number of carbonyl (C=O) groups excluding carboxylic acids is 1. The number of nitrogens with zero attached hydrogens (tertiary/aromatic N) is 2. The van der Waals surface area contributed by atoms with Gasteiger partial charge < -0.3 is 4.57 Å². The van der Waals surface area contributed by atoms with Crippen molar-refractivity contribution >= 4 is 61.1 Å². The van der Waals surface area contributed by atoms with Gasteiger partial charge in [0.05, 0.1) is 17.1 Å². The maximum absolute atomic E-state index is 12.4. The molecule has 1 heterocycles. The molecule has 3 rings (SSSR count). The van der Waals surface area contributed by atoms with Crippen molar-refractivity contribution in [2.24, 2.45) is 0 Å². The van der Waals surface area contributed by atoms with Crippen LogP contribution in [0.2, 0.25) is 10.2 Å². The standard InChI is InChI=1S/C21H18BrCl2N3O3S/c1-13-3-7-17(8-4-13)31(29,30)26-20(28)10-9-19-21(24)25-14(2)27(19)12-15-5-6-16(22)11-18(15)23/h3-11H,12H2,1-2H3,(H,26,28). The minimum Gasteiger partial charge on any atom is -0.323 e. The Balaban J connectivity index is 1.82. The average Bonchev–Trinajstić information content (AvgIpc) is 2.95. The summed E-state index contributed by atoms with van der Waals surface area (Å²) in [6, 6.07) is 11.7. The van der Waals surface area contributed by atoms with Gasteiger partial charge in [-0.05, 0) is 49.8 Å². The number of amides is 1. The number of aromatic nitrogens is 2. The number of benzene rings is 2. The molecule has 1 aromatic heterocycles. The van der Waals surface area contributed by atoms with Crippen molar-refractivity contribution in [3.05, 3.63) is 85.8 Å². The van der Waals surface area contributed by atoms with E-state index >= 15 is 0 Å². The topological polar surface area (TPSA) is 81.1 Å². The molecule has 31 heavy (non-hydrogen) atoms. The Labute approximate surface area is 199 Å². The predicted molar refractivity (Wildman–Crippen MR) is 126 cm³/mol. The summed E-state index contributed by atoms with van der Waals surface area (Å²) >= 11 is 15.9. The van der Waals surface area contributed by atoms with Crippen LogP contribution in [0, 0.1) is 13.8 Å². The third kappa shape index (κ3) is 5.77. The molecule has 0 radical (unpaired) electrons. The van der Waals surface area contributed by atoms with E-state index in [-0.39, 0.29) is 10.0 Å². The van der Waals surface area contributed by atoms with E-state index in [9.17, 15) is 13.2 Å². The summed E-state index contributed by atoms with van der Waals surface area (Å²) < 4.78 is 29.4. The molecule has 0 saturated carbocycles. The summed E-state index contributed by atoms with van der Waals surface area (Å²) in [7, 11) is -3.98. The molecule has 3 aromatic rings. The molecule has 6 nitrogen and oxygen atoms in total. The Bertz CT molecular complexity index is 1270. The van der Waals surface area contributed by atoms with Crippen molar-refractivity contribution < 1.29 is 13.2 Å². The summed E-state index contributed by atoms with van der Waals surface area (Å²) in [6.45, 7) is 3.99. The Morgan fingerprint density at radius 3 is 2.48 bits per heavy atom. The number of imidazole rings is 1. The number of carbonyl (C=O) groups is 1. The Morgan fingerprint density at radius 1 is 1.16 bits per heavy atom. The summed E-state index contributed by atoms with van der Waals surface area (Å²) in [6.07, 6.45) is 2.53. The molecule has 0 unspecified atom stereocenters. The van der Waals surface area contributed by atoms with Crippen molar-refractivity contribution in [1.29, 1.82) is 0 Å². The van der Waals surface area contributed by atoms with Gasteiger partial charge in [-0.1, -0.05) is 62.9 Å². The molecule has 0 aliphatic carbocycles. The lowest BCUT2D eigenvalue weighted by Crippen LogP contribution is -2.29. The van der Waals surface area contributed by atoms with Gasteiger partial charge in [-0.25, -0.2) is 18.1 Å². The molecular formula is C21H18BrCl2N3O3S. The fourth-order valence-corrected chi connectivity index (χ4v) is 4.79. The zero-order chi connectivity index (χ0) is 22.8. The lowest BCUT2D eigenvalue weighted by molar-refractivity contribution is -0.114. The number of halogens is 3. The zero-order valence-electron chi connectivity index (χ0n) is 16.6. The summed E-state index contributed by atoms with van der Waals surface area (Å²) in [5.74, 6) is -0.181. The Kier molecular flexibility index (Phi) is 7.26. The lowest BCUT2D eigenvalue weighted by atomic mass is 10.2. The van der Waals surface area contributed by atoms with Crippen molar-refractivity contribution in [3.63, 3.8) is 0 Å². The molecule has 1 N–H and O–H groups in total. The highest BCUT2D eigenvalue weighted by atomic mass is 79.9. The van der Waals surface area contributed by atoms with E-state index in [0.29, 0.717) is 23.1 Å². The van der Waals surface area contributed by atoms with E-state index in [1.54, 1.807) is 29.7 Å². The van der Waals surface area contributed by atoms with Crippen LogP contribution in [0.4, 0.5) is 0 Å². The van der Waals surface area contributed by atoms with E-state index in [0.717, 1.165) is 21.7 Å². The van der Waals surface area contributed by atoms with Gasteiger partial charge in [-0.15, -0.1) is 0 Å². The highest BCUT2D eigenvalue weighted by molar-refractivity contribution is 9.10. The predicted octanol–water partition coefficient (Wildman–Crippen LogP) is 5.14. The van der Waals surface area contributed by atoms with Crippen LogP contribution in [0.25, 0.3) is 6.08 Å². The van der Waals surface area contributed by atoms with Crippen LogP contribution in [0.3, 0.4) is 0 Å². The number of hydrogen-bond donors (Lipinski definition) is 1. The lowest BCUT2D eigenvalue weighted by Gasteiger charge is -2.10. The second-order valence-electron chi connectivity index (χ2n) is 6.77. The van der Waals surface area contributed by atoms with Crippen LogP contribution in [-0.2, 0) is 21.4 Å². The van der Waals surface area contributed by atoms with Gasteiger partial charge >= 0.3 is 0 Å². The van der Waals surface area contributed by atoms with Crippen LogP contribution in [0.5, 0.6) is 0 Å². The van der Waals surface area contributed by atoms with Crippen LogP contribution >= 0.6 is 39.1 Å². The molecule has 0 saturated heterocycles. The monoisotopic (exact) mass is 541 g/mol. The number of nitrogens with one attached hydrogen (secondary N) is 1. The van der Waals surface area contributed by atoms with E-state index in [4.69, 9.17) is 23.2 Å². The molecule has 10 heteroatoms. The number of aryl methyl sites for hydroxylation is 2. The van der Waals surface area contributed by atoms with Gasteiger partial charge in [-0.2, -0.15) is 0 Å². The van der Waals surface area contributed by atoms with Gasteiger partial charge in [0.2, 0.25) is 0 Å². The van der Waals surface area contributed by atoms with Crippen molar-refractivity contribution in [3.8, 4) is 0 Å². The first kappa shape index (κ1) is 23.5. The maximum Gasteiger partial charge on any atom is 0.264 e. The second-order valence-corrected chi connectivity index (χ2v) is 10.1. The van der Waals surface area contributed by atoms with E-state index in [1.807, 2.05) is 23.8 Å². The normalized spacial score (nSPS) is 11.8. The SMILES string of the molecule is Cc1ccc(S(=O)(=O)NC(=O)C=Cc2c(Cl)nc(C)n2Cc2ccc(Br)cc2Cl)cc1. The van der Waals surface area contributed by atoms with Gasteiger partial charge in [0, 0.05) is 15.6 Å². The fourth-order valence-electron chi connectivity index (χ4n) is 2.82. The Hall–Kier alpha value is -2.13. The molecule has 0 atom stereocenters. The molecule has 0 aliphatic rings. The highest BCUT2D eigenvalue weighted by Crippen LogP contribution is 2.25. The smallest absolute Gasteiger partial charge is 0.264 e. The molecular weight excluding hydrogens is 525 g/mol. The van der Waals surface area contributed by atoms with Crippen LogP contribution < -0.4 is 4.72 Å². The molecule has 0 bridgehead atoms. The maximum atomic E-state index is 12.4. The van der Waals surface area contributed by atoms with E-state index in [1.165, 1.54) is 18.2 Å². The summed E-state index contributed by atoms with van der Waals surface area (Å²) in [4.78, 5) is 16.5. The van der Waals surface area contributed by atoms with Crippen LogP contribution in [-0.4, -0.2) is 23.9 Å². The highest BCUT2D eigenvalue weighted by Gasteiger charge is 2.17. The number of sulfonamides is 1. The molecule has 0 spiro atoms. The first-order valence-corrected chi connectivity index (χ1v) is 12.1. The van der Waals surface area contributed by atoms with Crippen molar-refractivity contribution in [2.45, 2.75) is 25.3 Å². The minimum atomic E-state index is -3.98. The average molecular weight is 543 g/mol. The number of rotatable bonds is 6. The number of hydrogen-bond acceptors (Lipinski definition) is 4. The summed E-state index contributed by atoms with van der Waals surface area (Å²) in [5.41, 5.74) is 2.21. The molecule has 0 aliphatic heterocycles. The van der Waals surface area contributed by atoms with Crippen molar-refractivity contribution in [2.75, 3.05) is 0 Å². The molecule has 0 fully saturated rings. The first-order valence-electron chi connectivity index (χ1n) is 9.05. The van der Waals surface area contributed by atoms with E-state index in [2.05, 4.69) is 20.9 Å². The van der Waals surface area contributed by atoms with Crippen molar-refractivity contribution in [1.82, 2.24) is 14.3 Å². The molecule has 2 aromatic carbocycles. The quantitative estimate of drug-likeness (QED) is 0.437. The van der Waals surface area contributed by atoms with Crippen LogP contribution in [0.15, 0.2) is 57.9 Å². The van der Waals surface area contributed by atoms with Gasteiger partial charge in [-0.3, -0.25) is 4.79 Å². The largest absolute Gasteiger partial charge is 0.323 e. The van der Waals surface area contributed by atoms with E-state index < -0.39 is 15.9 Å². The van der Waals surface area contributed by atoms with Gasteiger partial charge in [0.25, 0.3) is 15.9 Å². The fraction of sp³-hybridized carbons (Fsp3) is 0.143. The van der Waals surface area contributed by atoms with Crippen LogP contribution in [0.1, 0.15) is 22.6 Å².